The van der Waals surface area contributed by atoms with Crippen LogP contribution >= 0.6 is 0 Å². The molecule has 17 heavy (non-hydrogen) atoms. The third kappa shape index (κ3) is 2.47. The van der Waals surface area contributed by atoms with Crippen LogP contribution in [0.15, 0.2) is 41.1 Å². The van der Waals surface area contributed by atoms with Crippen LogP contribution in [0.5, 0.6) is 0 Å². The average molecular weight is 242 g/mol. The minimum absolute atomic E-state index is 0.327. The van der Waals surface area contributed by atoms with Crippen LogP contribution in [0.2, 0.25) is 0 Å². The summed E-state index contributed by atoms with van der Waals surface area (Å²) in [4.78, 5) is 3.70. The molecule has 0 aliphatic rings. The summed E-state index contributed by atoms with van der Waals surface area (Å²) in [5.74, 6) is 0.456. The molecule has 0 fully saturated rings. The molecule has 1 atom stereocenters. The lowest BCUT2D eigenvalue weighted by Gasteiger charge is -2.10. The third-order valence-electron chi connectivity index (χ3n) is 2.28. The van der Waals surface area contributed by atoms with E-state index >= 15 is 0 Å². The fraction of sp³-hybridized carbons (Fsp3) is 0.182. The molecular weight excluding hydrogens is 233 g/mol. The summed E-state index contributed by atoms with van der Waals surface area (Å²) < 4.78 is 42.0. The fourth-order valence-electron chi connectivity index (χ4n) is 1.37. The Morgan fingerprint density at radius 2 is 2.00 bits per heavy atom. The van der Waals surface area contributed by atoms with E-state index in [-0.39, 0.29) is 0 Å². The van der Waals surface area contributed by atoms with E-state index in [1.807, 2.05) is 0 Å². The first-order chi connectivity index (χ1) is 7.98. The zero-order valence-corrected chi connectivity index (χ0v) is 8.61. The SMILES string of the molecule is NC(c1ccc(C(F)(F)F)cn1)c1ccco1. The predicted octanol–water partition coefficient (Wildman–Crippen LogP) is 2.74. The minimum Gasteiger partial charge on any atom is -0.467 e. The van der Waals surface area contributed by atoms with Crippen LogP contribution in [0.1, 0.15) is 23.1 Å². The van der Waals surface area contributed by atoms with Crippen molar-refractivity contribution in [1.82, 2.24) is 4.98 Å². The standard InChI is InChI=1S/C11H9F3N2O/c12-11(13,14)7-3-4-8(16-6-7)10(15)9-2-1-5-17-9/h1-6,10H,15H2. The van der Waals surface area contributed by atoms with Crippen LogP contribution in [-0.4, -0.2) is 4.98 Å². The summed E-state index contributed by atoms with van der Waals surface area (Å²) in [6, 6.07) is 4.83. The molecule has 0 saturated carbocycles. The highest BCUT2D eigenvalue weighted by Gasteiger charge is 2.31. The third-order valence-corrected chi connectivity index (χ3v) is 2.28. The number of furan rings is 1. The summed E-state index contributed by atoms with van der Waals surface area (Å²) in [6.45, 7) is 0. The van der Waals surface area contributed by atoms with Gasteiger partial charge in [0, 0.05) is 6.20 Å². The fourth-order valence-corrected chi connectivity index (χ4v) is 1.37. The number of hydrogen-bond acceptors (Lipinski definition) is 3. The van der Waals surface area contributed by atoms with Crippen LogP contribution < -0.4 is 5.73 Å². The molecule has 0 amide bonds. The van der Waals surface area contributed by atoms with Gasteiger partial charge in [0.15, 0.2) is 0 Å². The normalized spacial score (nSPS) is 13.6. The molecule has 0 aliphatic carbocycles. The second-order valence-corrected chi connectivity index (χ2v) is 3.46. The van der Waals surface area contributed by atoms with E-state index in [1.165, 1.54) is 12.3 Å². The Morgan fingerprint density at radius 3 is 2.47 bits per heavy atom. The summed E-state index contributed by atoms with van der Waals surface area (Å²) in [6.07, 6.45) is -2.18. The topological polar surface area (TPSA) is 52.0 Å². The lowest BCUT2D eigenvalue weighted by molar-refractivity contribution is -0.137. The van der Waals surface area contributed by atoms with E-state index < -0.39 is 17.8 Å². The van der Waals surface area contributed by atoms with E-state index in [0.29, 0.717) is 11.5 Å². The lowest BCUT2D eigenvalue weighted by atomic mass is 10.1. The molecule has 2 N–H and O–H groups in total. The second kappa shape index (κ2) is 4.21. The first kappa shape index (κ1) is 11.7. The Balaban J connectivity index is 2.24. The molecule has 0 bridgehead atoms. The molecule has 0 saturated heterocycles. The molecule has 6 heteroatoms. The van der Waals surface area contributed by atoms with Crippen molar-refractivity contribution < 1.29 is 17.6 Å². The number of hydrogen-bond donors (Lipinski definition) is 1. The molecule has 0 spiro atoms. The van der Waals surface area contributed by atoms with Gasteiger partial charge in [-0.15, -0.1) is 0 Å². The highest BCUT2D eigenvalue weighted by molar-refractivity contribution is 5.23. The molecule has 3 nitrogen and oxygen atoms in total. The van der Waals surface area contributed by atoms with Crippen molar-refractivity contribution >= 4 is 0 Å². The van der Waals surface area contributed by atoms with Crippen LogP contribution in [0.3, 0.4) is 0 Å². The predicted molar refractivity (Wildman–Crippen MR) is 54.0 cm³/mol. The molecule has 2 heterocycles. The van der Waals surface area contributed by atoms with E-state index in [9.17, 15) is 13.2 Å². The van der Waals surface area contributed by atoms with Gasteiger partial charge in [0.05, 0.1) is 17.5 Å². The van der Waals surface area contributed by atoms with Crippen molar-refractivity contribution in [3.05, 3.63) is 53.7 Å². The molecule has 1 unspecified atom stereocenters. The first-order valence-electron chi connectivity index (χ1n) is 4.80. The van der Waals surface area contributed by atoms with Gasteiger partial charge in [0.1, 0.15) is 11.8 Å². The van der Waals surface area contributed by atoms with E-state index in [2.05, 4.69) is 4.98 Å². The molecule has 2 aromatic heterocycles. The monoisotopic (exact) mass is 242 g/mol. The van der Waals surface area contributed by atoms with Crippen LogP contribution in [-0.2, 0) is 6.18 Å². The summed E-state index contributed by atoms with van der Waals surface area (Å²) >= 11 is 0. The Labute approximate surface area is 95.1 Å². The largest absolute Gasteiger partial charge is 0.467 e. The lowest BCUT2D eigenvalue weighted by Crippen LogP contribution is -2.14. The number of aromatic nitrogens is 1. The highest BCUT2D eigenvalue weighted by atomic mass is 19.4. The Morgan fingerprint density at radius 1 is 1.24 bits per heavy atom. The van der Waals surface area contributed by atoms with Gasteiger partial charge in [-0.05, 0) is 24.3 Å². The summed E-state index contributed by atoms with van der Waals surface area (Å²) in [7, 11) is 0. The Bertz CT molecular complexity index is 476. The summed E-state index contributed by atoms with van der Waals surface area (Å²) in [5, 5.41) is 0. The van der Waals surface area contributed by atoms with Gasteiger partial charge in [-0.2, -0.15) is 13.2 Å². The van der Waals surface area contributed by atoms with Gasteiger partial charge < -0.3 is 10.2 Å². The number of halogens is 3. The van der Waals surface area contributed by atoms with E-state index in [0.717, 1.165) is 12.3 Å². The van der Waals surface area contributed by atoms with Crippen molar-refractivity contribution in [2.45, 2.75) is 12.2 Å². The number of alkyl halides is 3. The van der Waals surface area contributed by atoms with E-state index in [1.54, 1.807) is 12.1 Å². The van der Waals surface area contributed by atoms with E-state index in [4.69, 9.17) is 10.2 Å². The molecule has 2 aromatic rings. The highest BCUT2D eigenvalue weighted by Crippen LogP contribution is 2.29. The number of nitrogens with two attached hydrogens (primary N) is 1. The summed E-state index contributed by atoms with van der Waals surface area (Å²) in [5.41, 5.74) is 5.31. The Kier molecular flexibility index (Phi) is 2.89. The van der Waals surface area contributed by atoms with Gasteiger partial charge in [-0.25, -0.2) is 0 Å². The zero-order valence-electron chi connectivity index (χ0n) is 8.61. The maximum atomic E-state index is 12.3. The maximum Gasteiger partial charge on any atom is 0.417 e. The minimum atomic E-state index is -4.39. The van der Waals surface area contributed by atoms with Crippen LogP contribution in [0.4, 0.5) is 13.2 Å². The molecule has 90 valence electrons. The van der Waals surface area contributed by atoms with Crippen LogP contribution in [0.25, 0.3) is 0 Å². The van der Waals surface area contributed by atoms with Crippen molar-refractivity contribution in [2.24, 2.45) is 5.73 Å². The van der Waals surface area contributed by atoms with Crippen LogP contribution in [0, 0.1) is 0 Å². The molecule has 0 radical (unpaired) electrons. The van der Waals surface area contributed by atoms with Gasteiger partial charge in [0.2, 0.25) is 0 Å². The quantitative estimate of drug-likeness (QED) is 0.880. The van der Waals surface area contributed by atoms with Gasteiger partial charge in [-0.3, -0.25) is 4.98 Å². The maximum absolute atomic E-state index is 12.3. The van der Waals surface area contributed by atoms with Gasteiger partial charge >= 0.3 is 6.18 Å². The zero-order chi connectivity index (χ0) is 12.5. The second-order valence-electron chi connectivity index (χ2n) is 3.46. The molecule has 2 rings (SSSR count). The van der Waals surface area contributed by atoms with Gasteiger partial charge in [0.25, 0.3) is 0 Å². The van der Waals surface area contributed by atoms with Crippen molar-refractivity contribution in [1.29, 1.82) is 0 Å². The van der Waals surface area contributed by atoms with Crippen molar-refractivity contribution in [3.63, 3.8) is 0 Å². The molecule has 0 aliphatic heterocycles. The van der Waals surface area contributed by atoms with Crippen molar-refractivity contribution in [3.8, 4) is 0 Å². The van der Waals surface area contributed by atoms with Gasteiger partial charge in [-0.1, -0.05) is 0 Å². The number of rotatable bonds is 2. The smallest absolute Gasteiger partial charge is 0.417 e. The van der Waals surface area contributed by atoms with Crippen molar-refractivity contribution in [2.75, 3.05) is 0 Å². The number of nitrogens with zero attached hydrogens (tertiary/aromatic N) is 1. The first-order valence-corrected chi connectivity index (χ1v) is 4.80. The average Bonchev–Trinajstić information content (AvgIpc) is 2.80. The molecule has 0 aromatic carbocycles. The Hall–Kier alpha value is -1.82. The molecular formula is C11H9F3N2O. The number of pyridine rings is 1.